The van der Waals surface area contributed by atoms with Crippen LogP contribution in [0.4, 0.5) is 0 Å². The van der Waals surface area contributed by atoms with Gasteiger partial charge in [-0.05, 0) is 135 Å². The molecule has 116 heavy (non-hydrogen) atoms. The van der Waals surface area contributed by atoms with Gasteiger partial charge in [-0.3, -0.25) is 17.9 Å². The number of nitrogens with zero attached hydrogens (tertiary/aromatic N) is 13. The Labute approximate surface area is 663 Å². The zero-order valence-corrected chi connectivity index (χ0v) is 62.2. The minimum atomic E-state index is 0.630. The van der Waals surface area contributed by atoms with E-state index < -0.39 is 0 Å². The first kappa shape index (κ1) is 65.9. The molecule has 540 valence electrons. The van der Waals surface area contributed by atoms with Gasteiger partial charge in [-0.1, -0.05) is 291 Å². The van der Waals surface area contributed by atoms with Crippen LogP contribution in [0.3, 0.4) is 0 Å². The van der Waals surface area contributed by atoms with Gasteiger partial charge in [0.25, 0.3) is 0 Å². The maximum atomic E-state index is 5.39. The predicted molar refractivity (Wildman–Crippen MR) is 472 cm³/mol. The predicted octanol–water partition coefficient (Wildman–Crippen LogP) is 24.9. The SMILES string of the molecule is c1ccc(-c2cc(-c3ccccc3)nc(-c3ccc(-c4ccc5c(c4)c4c6ccccc6ccc4n5-c4nc5ccccc5c5nc6ccccc6n45)cc3)n2)cc1.c1ccc(-c2nc(-c3ccccc3)nc(-c3ccc(-c4ccc5c(c4)c4c6ccccc6ccc4n5-c4nc5ccccc5c5nc6ccccc6n45)cc3)n2)cc1. The van der Waals surface area contributed by atoms with Crippen LogP contribution in [0.2, 0.25) is 0 Å². The Morgan fingerprint density at radius 1 is 0.172 bits per heavy atom. The van der Waals surface area contributed by atoms with Crippen LogP contribution in [-0.4, -0.2) is 62.8 Å². The van der Waals surface area contributed by atoms with Crippen molar-refractivity contribution in [1.82, 2.24) is 62.8 Å². The molecule has 13 heteroatoms. The van der Waals surface area contributed by atoms with Crippen molar-refractivity contribution in [2.75, 3.05) is 0 Å². The number of hydrogen-bond acceptors (Lipinski definition) is 9. The van der Waals surface area contributed by atoms with Crippen LogP contribution >= 0.6 is 0 Å². The van der Waals surface area contributed by atoms with Gasteiger partial charge in [0.1, 0.15) is 11.3 Å². The first-order valence-corrected chi connectivity index (χ1v) is 38.8. The van der Waals surface area contributed by atoms with Crippen LogP contribution in [0.15, 0.2) is 382 Å². The second-order valence-electron chi connectivity index (χ2n) is 29.3. The summed E-state index contributed by atoms with van der Waals surface area (Å²) in [6, 6.07) is 133. The van der Waals surface area contributed by atoms with E-state index in [4.69, 9.17) is 44.9 Å². The summed E-state index contributed by atoms with van der Waals surface area (Å²) >= 11 is 0. The van der Waals surface area contributed by atoms with E-state index in [1.165, 1.54) is 32.3 Å². The molecule has 0 amide bonds. The van der Waals surface area contributed by atoms with Crippen LogP contribution < -0.4 is 0 Å². The van der Waals surface area contributed by atoms with Gasteiger partial charge < -0.3 is 0 Å². The third kappa shape index (κ3) is 11.0. The fraction of sp³-hybridized carbons (Fsp3) is 0. The second-order valence-corrected chi connectivity index (χ2v) is 29.3. The molecule has 0 atom stereocenters. The lowest BCUT2D eigenvalue weighted by Gasteiger charge is -2.13. The van der Waals surface area contributed by atoms with Gasteiger partial charge in [-0.25, -0.2) is 44.9 Å². The van der Waals surface area contributed by atoms with Crippen molar-refractivity contribution in [3.63, 3.8) is 0 Å². The van der Waals surface area contributed by atoms with E-state index in [9.17, 15) is 0 Å². The third-order valence-corrected chi connectivity index (χ3v) is 22.5. The van der Waals surface area contributed by atoms with Gasteiger partial charge >= 0.3 is 0 Å². The second kappa shape index (κ2) is 26.9. The van der Waals surface area contributed by atoms with E-state index in [2.05, 4.69) is 279 Å². The molecule has 13 nitrogen and oxygen atoms in total. The van der Waals surface area contributed by atoms with Crippen molar-refractivity contribution in [3.8, 4) is 102 Å². The van der Waals surface area contributed by atoms with E-state index in [0.29, 0.717) is 23.3 Å². The fourth-order valence-corrected chi connectivity index (χ4v) is 17.0. The topological polar surface area (TPSA) is 135 Å². The molecule has 0 N–H and O–H groups in total. The van der Waals surface area contributed by atoms with Gasteiger partial charge in [0, 0.05) is 65.7 Å². The standard InChI is InChI=1S/C52H32N6.C51H31N7/c1-3-14-35(15-4-1)44-32-45(36-16-5-2-6-17-36)54-50(53-44)37-25-23-33(24-26-37)38-28-29-46-41(31-38)49-39-18-8-7-13-34(39)27-30-48(49)57(46)52-56-42-20-10-9-19-40(42)51-55-43-21-11-12-22-47(43)58(51)52;1-3-14-34(15-4-1)47-54-48(35-16-5-2-6-17-35)56-49(55-47)36-25-23-32(24-26-36)37-28-29-43-40(31-37)46-38-18-8-7-13-33(38)27-30-45(46)57(43)51-53-41-20-10-9-19-39(41)50-52-42-21-11-12-22-44(42)58(50)51/h1-32H;1-31H. The van der Waals surface area contributed by atoms with E-state index in [0.717, 1.165) is 167 Å². The molecular formula is C103H63N13. The van der Waals surface area contributed by atoms with E-state index in [1.54, 1.807) is 0 Å². The first-order chi connectivity index (χ1) is 57.5. The molecule has 0 radical (unpaired) electrons. The summed E-state index contributed by atoms with van der Waals surface area (Å²) in [5.74, 6) is 4.22. The molecule has 16 aromatic carbocycles. The first-order valence-electron chi connectivity index (χ1n) is 38.8. The van der Waals surface area contributed by atoms with Gasteiger partial charge in [0.15, 0.2) is 23.3 Å². The van der Waals surface area contributed by atoms with Crippen LogP contribution in [0.1, 0.15) is 0 Å². The van der Waals surface area contributed by atoms with E-state index in [-0.39, 0.29) is 0 Å². The Morgan fingerprint density at radius 3 is 0.897 bits per heavy atom. The van der Waals surface area contributed by atoms with Crippen LogP contribution in [-0.2, 0) is 0 Å². The van der Waals surface area contributed by atoms with Crippen LogP contribution in [0.5, 0.6) is 0 Å². The number of rotatable bonds is 10. The van der Waals surface area contributed by atoms with E-state index >= 15 is 0 Å². The van der Waals surface area contributed by atoms with Gasteiger partial charge in [-0.15, -0.1) is 0 Å². The summed E-state index contributed by atoms with van der Waals surface area (Å²) in [7, 11) is 0. The lowest BCUT2D eigenvalue weighted by Crippen LogP contribution is -2.06. The molecule has 24 aromatic rings. The maximum absolute atomic E-state index is 5.39. The average molecular weight is 1480 g/mol. The number of aromatic nitrogens is 13. The summed E-state index contributed by atoms with van der Waals surface area (Å²) in [4.78, 5) is 46.0. The van der Waals surface area contributed by atoms with Crippen LogP contribution in [0.25, 0.3) is 223 Å². The highest BCUT2D eigenvalue weighted by Gasteiger charge is 2.26. The Bertz CT molecular complexity index is 7460. The molecule has 0 saturated heterocycles. The fourth-order valence-electron chi connectivity index (χ4n) is 17.0. The Kier molecular flexibility index (Phi) is 15.3. The Morgan fingerprint density at radius 2 is 0.483 bits per heavy atom. The average Bonchev–Trinajstić information content (AvgIpc) is 1.55. The zero-order chi connectivity index (χ0) is 76.3. The molecule has 8 heterocycles. The van der Waals surface area contributed by atoms with Crippen molar-refractivity contribution in [1.29, 1.82) is 0 Å². The van der Waals surface area contributed by atoms with Crippen molar-refractivity contribution < 1.29 is 0 Å². The highest BCUT2D eigenvalue weighted by Crippen LogP contribution is 2.44. The smallest absolute Gasteiger partial charge is 0.221 e. The van der Waals surface area contributed by atoms with Crippen LogP contribution in [0, 0.1) is 0 Å². The number of fused-ring (bicyclic) bond motifs is 20. The molecule has 0 unspecified atom stereocenters. The molecule has 0 fully saturated rings. The molecule has 0 aliphatic rings. The summed E-state index contributed by atoms with van der Waals surface area (Å²) in [5, 5.41) is 11.5. The van der Waals surface area contributed by atoms with Gasteiger partial charge in [0.05, 0.1) is 66.6 Å². The van der Waals surface area contributed by atoms with E-state index in [1.807, 2.05) is 121 Å². The Balaban J connectivity index is 0.000000137. The molecular weight excluding hydrogens is 1420 g/mol. The maximum Gasteiger partial charge on any atom is 0.221 e. The minimum Gasteiger partial charge on any atom is -0.279 e. The largest absolute Gasteiger partial charge is 0.279 e. The normalized spacial score (nSPS) is 11.8. The molecule has 0 spiro atoms. The van der Waals surface area contributed by atoms with Crippen molar-refractivity contribution in [3.05, 3.63) is 382 Å². The molecule has 24 rings (SSSR count). The summed E-state index contributed by atoms with van der Waals surface area (Å²) in [5.41, 5.74) is 23.9. The molecule has 0 saturated carbocycles. The number of para-hydroxylation sites is 6. The van der Waals surface area contributed by atoms with Gasteiger partial charge in [0.2, 0.25) is 11.9 Å². The third-order valence-electron chi connectivity index (χ3n) is 22.5. The lowest BCUT2D eigenvalue weighted by molar-refractivity contribution is 0.979. The summed E-state index contributed by atoms with van der Waals surface area (Å²) in [6.07, 6.45) is 0. The molecule has 0 bridgehead atoms. The minimum absolute atomic E-state index is 0.630. The molecule has 0 aliphatic heterocycles. The number of imidazole rings is 2. The molecule has 0 aliphatic carbocycles. The van der Waals surface area contributed by atoms with Gasteiger partial charge in [-0.2, -0.15) is 0 Å². The summed E-state index contributed by atoms with van der Waals surface area (Å²) in [6.45, 7) is 0. The van der Waals surface area contributed by atoms with Crippen molar-refractivity contribution in [2.45, 2.75) is 0 Å². The zero-order valence-electron chi connectivity index (χ0n) is 62.2. The monoisotopic (exact) mass is 1480 g/mol. The summed E-state index contributed by atoms with van der Waals surface area (Å²) < 4.78 is 9.06. The molecule has 8 aromatic heterocycles. The van der Waals surface area contributed by atoms with Crippen molar-refractivity contribution in [2.24, 2.45) is 0 Å². The Hall–Kier alpha value is -16.0. The lowest BCUT2D eigenvalue weighted by atomic mass is 9.99. The quantitative estimate of drug-likeness (QED) is 0.131. The highest BCUT2D eigenvalue weighted by molar-refractivity contribution is 6.23. The number of benzene rings is 16. The van der Waals surface area contributed by atoms with Crippen molar-refractivity contribution >= 4 is 120 Å². The highest BCUT2D eigenvalue weighted by atomic mass is 15.2. The number of hydrogen-bond donors (Lipinski definition) is 0.